The first-order valence-electron chi connectivity index (χ1n) is 6.44. The van der Waals surface area contributed by atoms with Gasteiger partial charge in [-0.25, -0.2) is 0 Å². The lowest BCUT2D eigenvalue weighted by Gasteiger charge is -2.13. The van der Waals surface area contributed by atoms with E-state index < -0.39 is 0 Å². The van der Waals surface area contributed by atoms with Crippen molar-refractivity contribution in [2.75, 3.05) is 6.54 Å². The molecule has 1 N–H and O–H groups in total. The molecule has 0 saturated carbocycles. The van der Waals surface area contributed by atoms with Crippen LogP contribution >= 0.6 is 11.8 Å². The summed E-state index contributed by atoms with van der Waals surface area (Å²) in [5.41, 5.74) is 1.30. The molecule has 1 atom stereocenters. The second-order valence-electron chi connectivity index (χ2n) is 4.37. The van der Waals surface area contributed by atoms with Gasteiger partial charge in [0.15, 0.2) is 5.82 Å². The summed E-state index contributed by atoms with van der Waals surface area (Å²) in [7, 11) is 0. The number of hydrogen-bond acceptors (Lipinski definition) is 5. The molecule has 2 rings (SSSR count). The zero-order valence-electron chi connectivity index (χ0n) is 11.5. The Kier molecular flexibility index (Phi) is 4.99. The molecule has 0 bridgehead atoms. The minimum absolute atomic E-state index is 0.373. The maximum absolute atomic E-state index is 4.96. The summed E-state index contributed by atoms with van der Waals surface area (Å²) in [6.45, 7) is 7.07. The average molecular weight is 277 g/mol. The molecule has 102 valence electrons. The molecular formula is C14H19N3OS. The van der Waals surface area contributed by atoms with E-state index in [4.69, 9.17) is 4.52 Å². The highest BCUT2D eigenvalue weighted by Gasteiger charge is 2.06. The van der Waals surface area contributed by atoms with Gasteiger partial charge >= 0.3 is 0 Å². The summed E-state index contributed by atoms with van der Waals surface area (Å²) >= 11 is 1.72. The van der Waals surface area contributed by atoms with Crippen molar-refractivity contribution in [2.45, 2.75) is 37.5 Å². The molecule has 5 heteroatoms. The van der Waals surface area contributed by atoms with E-state index in [2.05, 4.69) is 53.6 Å². The second kappa shape index (κ2) is 6.73. The molecule has 4 nitrogen and oxygen atoms in total. The lowest BCUT2D eigenvalue weighted by atomic mass is 10.1. The molecule has 0 fully saturated rings. The normalized spacial score (nSPS) is 12.6. The zero-order valence-corrected chi connectivity index (χ0v) is 12.3. The van der Waals surface area contributed by atoms with E-state index in [1.807, 2.05) is 0 Å². The van der Waals surface area contributed by atoms with Gasteiger partial charge < -0.3 is 9.84 Å². The largest absolute Gasteiger partial charge is 0.340 e. The Morgan fingerprint density at radius 2 is 2.26 bits per heavy atom. The standard InChI is InChI=1S/C14H19N3OS/c1-4-15-10(2)12-6-5-7-13(8-12)19-9-14-16-11(3)18-17-14/h5-8,10,15H,4,9H2,1-3H3. The second-order valence-corrected chi connectivity index (χ2v) is 5.42. The van der Waals surface area contributed by atoms with Crippen LogP contribution in [-0.4, -0.2) is 16.7 Å². The van der Waals surface area contributed by atoms with E-state index in [1.54, 1.807) is 18.7 Å². The smallest absolute Gasteiger partial charge is 0.223 e. The molecule has 1 heterocycles. The highest BCUT2D eigenvalue weighted by Crippen LogP contribution is 2.24. The third-order valence-electron chi connectivity index (χ3n) is 2.81. The van der Waals surface area contributed by atoms with Crippen molar-refractivity contribution in [3.05, 3.63) is 41.5 Å². The van der Waals surface area contributed by atoms with Gasteiger partial charge in [-0.2, -0.15) is 4.98 Å². The molecule has 0 aliphatic rings. The number of aromatic nitrogens is 2. The van der Waals surface area contributed by atoms with Crippen LogP contribution in [0.5, 0.6) is 0 Å². The summed E-state index contributed by atoms with van der Waals surface area (Å²) in [5.74, 6) is 2.09. The van der Waals surface area contributed by atoms with Gasteiger partial charge in [0.05, 0.1) is 5.75 Å². The van der Waals surface area contributed by atoms with Crippen LogP contribution in [0.15, 0.2) is 33.7 Å². The number of rotatable bonds is 6. The minimum atomic E-state index is 0.373. The van der Waals surface area contributed by atoms with Crippen LogP contribution in [0.4, 0.5) is 0 Å². The van der Waals surface area contributed by atoms with Crippen LogP contribution in [0.25, 0.3) is 0 Å². The Balaban J connectivity index is 1.98. The quantitative estimate of drug-likeness (QED) is 0.821. The fourth-order valence-corrected chi connectivity index (χ4v) is 2.65. The lowest BCUT2D eigenvalue weighted by Crippen LogP contribution is -2.17. The summed E-state index contributed by atoms with van der Waals surface area (Å²) < 4.78 is 4.96. The van der Waals surface area contributed by atoms with Gasteiger partial charge in [0.25, 0.3) is 0 Å². The van der Waals surface area contributed by atoms with E-state index >= 15 is 0 Å². The Morgan fingerprint density at radius 3 is 2.95 bits per heavy atom. The minimum Gasteiger partial charge on any atom is -0.340 e. The first-order chi connectivity index (χ1) is 9.19. The topological polar surface area (TPSA) is 51.0 Å². The number of nitrogens with zero attached hydrogens (tertiary/aromatic N) is 2. The molecule has 2 aromatic rings. The Bertz CT molecular complexity index is 527. The highest BCUT2D eigenvalue weighted by molar-refractivity contribution is 7.98. The first-order valence-corrected chi connectivity index (χ1v) is 7.43. The first kappa shape index (κ1) is 14.1. The molecule has 0 radical (unpaired) electrons. The van der Waals surface area contributed by atoms with Crippen LogP contribution in [0.3, 0.4) is 0 Å². The number of benzene rings is 1. The van der Waals surface area contributed by atoms with Crippen molar-refractivity contribution in [3.8, 4) is 0 Å². The van der Waals surface area contributed by atoms with Gasteiger partial charge in [0.1, 0.15) is 0 Å². The molecule has 1 unspecified atom stereocenters. The molecule has 0 amide bonds. The monoisotopic (exact) mass is 277 g/mol. The van der Waals surface area contributed by atoms with Gasteiger partial charge in [-0.15, -0.1) is 11.8 Å². The maximum Gasteiger partial charge on any atom is 0.223 e. The van der Waals surface area contributed by atoms with E-state index in [0.717, 1.165) is 18.1 Å². The van der Waals surface area contributed by atoms with Gasteiger partial charge in [-0.1, -0.05) is 24.2 Å². The molecule has 0 aliphatic heterocycles. The zero-order chi connectivity index (χ0) is 13.7. The predicted octanol–water partition coefficient (Wildman–Crippen LogP) is 3.34. The molecule has 0 saturated heterocycles. The molecule has 0 spiro atoms. The predicted molar refractivity (Wildman–Crippen MR) is 77.1 cm³/mol. The lowest BCUT2D eigenvalue weighted by molar-refractivity contribution is 0.389. The number of hydrogen-bond donors (Lipinski definition) is 1. The maximum atomic E-state index is 4.96. The number of nitrogens with one attached hydrogen (secondary N) is 1. The molecular weight excluding hydrogens is 258 g/mol. The van der Waals surface area contributed by atoms with Crippen molar-refractivity contribution in [1.29, 1.82) is 0 Å². The van der Waals surface area contributed by atoms with Crippen molar-refractivity contribution in [2.24, 2.45) is 0 Å². The van der Waals surface area contributed by atoms with Crippen molar-refractivity contribution in [1.82, 2.24) is 15.5 Å². The molecule has 0 aliphatic carbocycles. The highest BCUT2D eigenvalue weighted by atomic mass is 32.2. The van der Waals surface area contributed by atoms with E-state index in [-0.39, 0.29) is 0 Å². The van der Waals surface area contributed by atoms with Gasteiger partial charge in [0.2, 0.25) is 5.89 Å². The van der Waals surface area contributed by atoms with Crippen LogP contribution in [-0.2, 0) is 5.75 Å². The van der Waals surface area contributed by atoms with E-state index in [1.165, 1.54) is 10.5 Å². The average Bonchev–Trinajstić information content (AvgIpc) is 2.83. The summed E-state index contributed by atoms with van der Waals surface area (Å²) in [6.07, 6.45) is 0. The fraction of sp³-hybridized carbons (Fsp3) is 0.429. The summed E-state index contributed by atoms with van der Waals surface area (Å²) in [6, 6.07) is 8.94. The summed E-state index contributed by atoms with van der Waals surface area (Å²) in [5, 5.41) is 7.32. The molecule has 19 heavy (non-hydrogen) atoms. The SMILES string of the molecule is CCNC(C)c1cccc(SCc2noc(C)n2)c1. The van der Waals surface area contributed by atoms with Crippen molar-refractivity contribution < 1.29 is 4.52 Å². The third kappa shape index (κ3) is 4.08. The van der Waals surface area contributed by atoms with Crippen molar-refractivity contribution in [3.63, 3.8) is 0 Å². The fourth-order valence-electron chi connectivity index (χ4n) is 1.85. The summed E-state index contributed by atoms with van der Waals surface area (Å²) in [4.78, 5) is 5.43. The Morgan fingerprint density at radius 1 is 1.42 bits per heavy atom. The van der Waals surface area contributed by atoms with E-state index in [9.17, 15) is 0 Å². The van der Waals surface area contributed by atoms with Gasteiger partial charge in [0, 0.05) is 17.9 Å². The van der Waals surface area contributed by atoms with Gasteiger partial charge in [-0.3, -0.25) is 0 Å². The Labute approximate surface area is 118 Å². The third-order valence-corrected chi connectivity index (χ3v) is 3.80. The molecule has 1 aromatic carbocycles. The molecule has 1 aromatic heterocycles. The Hall–Kier alpha value is -1.33. The van der Waals surface area contributed by atoms with Crippen LogP contribution < -0.4 is 5.32 Å². The van der Waals surface area contributed by atoms with Crippen LogP contribution in [0, 0.1) is 6.92 Å². The van der Waals surface area contributed by atoms with Crippen LogP contribution in [0.1, 0.15) is 37.2 Å². The van der Waals surface area contributed by atoms with Crippen molar-refractivity contribution >= 4 is 11.8 Å². The van der Waals surface area contributed by atoms with E-state index in [0.29, 0.717) is 11.9 Å². The number of thioether (sulfide) groups is 1. The number of aryl methyl sites for hydroxylation is 1. The van der Waals surface area contributed by atoms with Crippen LogP contribution in [0.2, 0.25) is 0 Å². The van der Waals surface area contributed by atoms with Gasteiger partial charge in [-0.05, 0) is 31.2 Å².